The van der Waals surface area contributed by atoms with E-state index in [4.69, 9.17) is 20.8 Å². The van der Waals surface area contributed by atoms with E-state index in [1.54, 1.807) is 22.9 Å². The standard InChI is InChI=1S/C18H18ClN3O3/c1-9(2)11(4)22-14(8-15(21-22)24-5)17-20-16-10(3)6-12(19)7-13(16)18(23)25-17/h6-8H,1-5H3. The monoisotopic (exact) mass is 359 g/mol. The minimum Gasteiger partial charge on any atom is -0.480 e. The van der Waals surface area contributed by atoms with Crippen LogP contribution in [-0.2, 0) is 0 Å². The zero-order chi connectivity index (χ0) is 18.3. The molecule has 1 aromatic carbocycles. The van der Waals surface area contributed by atoms with Gasteiger partial charge in [-0.15, -0.1) is 5.10 Å². The maximum Gasteiger partial charge on any atom is 0.347 e. The largest absolute Gasteiger partial charge is 0.480 e. The molecule has 0 spiro atoms. The van der Waals surface area contributed by atoms with Gasteiger partial charge in [0.2, 0.25) is 11.8 Å². The first-order valence-electron chi connectivity index (χ1n) is 7.71. The zero-order valence-electron chi connectivity index (χ0n) is 14.7. The van der Waals surface area contributed by atoms with Crippen LogP contribution in [-0.4, -0.2) is 21.9 Å². The van der Waals surface area contributed by atoms with E-state index in [9.17, 15) is 4.79 Å². The Balaban J connectivity index is 2.33. The maximum atomic E-state index is 12.4. The Kier molecular flexibility index (Phi) is 4.39. The molecule has 0 unspecified atom stereocenters. The van der Waals surface area contributed by atoms with Crippen LogP contribution in [0.5, 0.6) is 5.88 Å². The molecule has 0 aliphatic heterocycles. The minimum atomic E-state index is -0.493. The first-order chi connectivity index (χ1) is 11.8. The third kappa shape index (κ3) is 3.05. The number of allylic oxidation sites excluding steroid dienone is 2. The highest BCUT2D eigenvalue weighted by Gasteiger charge is 2.18. The Morgan fingerprint density at radius 3 is 2.60 bits per heavy atom. The summed E-state index contributed by atoms with van der Waals surface area (Å²) in [6.45, 7) is 7.73. The fourth-order valence-electron chi connectivity index (χ4n) is 2.50. The molecule has 130 valence electrons. The summed E-state index contributed by atoms with van der Waals surface area (Å²) in [4.78, 5) is 17.0. The Morgan fingerprint density at radius 1 is 1.24 bits per heavy atom. The molecule has 0 N–H and O–H groups in total. The second kappa shape index (κ2) is 6.37. The highest BCUT2D eigenvalue weighted by atomic mass is 35.5. The Hall–Kier alpha value is -2.60. The lowest BCUT2D eigenvalue weighted by atomic mass is 10.1. The van der Waals surface area contributed by atoms with Gasteiger partial charge in [0.05, 0.1) is 18.0 Å². The van der Waals surface area contributed by atoms with Crippen molar-refractivity contribution in [2.75, 3.05) is 7.11 Å². The van der Waals surface area contributed by atoms with E-state index in [-0.39, 0.29) is 5.89 Å². The van der Waals surface area contributed by atoms with Crippen molar-refractivity contribution >= 4 is 28.2 Å². The van der Waals surface area contributed by atoms with Crippen LogP contribution in [0, 0.1) is 6.92 Å². The quantitative estimate of drug-likeness (QED) is 0.697. The third-order valence-corrected chi connectivity index (χ3v) is 4.26. The number of hydrogen-bond donors (Lipinski definition) is 0. The molecule has 0 bridgehead atoms. The molecule has 0 saturated heterocycles. The summed E-state index contributed by atoms with van der Waals surface area (Å²) in [5.41, 5.74) is 3.37. The first kappa shape index (κ1) is 17.2. The lowest BCUT2D eigenvalue weighted by molar-refractivity contribution is 0.394. The number of rotatable bonds is 3. The predicted octanol–water partition coefficient (Wildman–Crippen LogP) is 4.29. The van der Waals surface area contributed by atoms with Crippen molar-refractivity contribution in [2.45, 2.75) is 27.7 Å². The van der Waals surface area contributed by atoms with E-state index in [0.717, 1.165) is 16.8 Å². The van der Waals surface area contributed by atoms with Gasteiger partial charge in [-0.3, -0.25) is 0 Å². The molecule has 3 rings (SSSR count). The number of halogens is 1. The van der Waals surface area contributed by atoms with Gasteiger partial charge in [-0.25, -0.2) is 14.5 Å². The van der Waals surface area contributed by atoms with Crippen LogP contribution in [0.25, 0.3) is 28.2 Å². The second-order valence-corrected chi connectivity index (χ2v) is 6.43. The van der Waals surface area contributed by atoms with Gasteiger partial charge in [-0.05, 0) is 45.4 Å². The summed E-state index contributed by atoms with van der Waals surface area (Å²) in [6.07, 6.45) is 0. The molecule has 0 radical (unpaired) electrons. The van der Waals surface area contributed by atoms with Crippen molar-refractivity contribution in [1.29, 1.82) is 0 Å². The second-order valence-electron chi connectivity index (χ2n) is 5.99. The Labute approximate surface area is 149 Å². The molecule has 0 amide bonds. The third-order valence-electron chi connectivity index (χ3n) is 4.04. The summed E-state index contributed by atoms with van der Waals surface area (Å²) >= 11 is 6.03. The Bertz CT molecular complexity index is 1060. The average Bonchev–Trinajstić information content (AvgIpc) is 2.99. The van der Waals surface area contributed by atoms with Crippen LogP contribution in [0.2, 0.25) is 5.02 Å². The molecular formula is C18H18ClN3O3. The van der Waals surface area contributed by atoms with Crippen LogP contribution >= 0.6 is 11.6 Å². The van der Waals surface area contributed by atoms with E-state index in [1.807, 2.05) is 27.7 Å². The van der Waals surface area contributed by atoms with Crippen molar-refractivity contribution < 1.29 is 9.15 Å². The van der Waals surface area contributed by atoms with Crippen molar-refractivity contribution in [1.82, 2.24) is 14.8 Å². The van der Waals surface area contributed by atoms with Gasteiger partial charge >= 0.3 is 5.63 Å². The number of aryl methyl sites for hydroxylation is 1. The lowest BCUT2D eigenvalue weighted by Gasteiger charge is -2.09. The normalized spacial score (nSPS) is 11.0. The van der Waals surface area contributed by atoms with Crippen molar-refractivity contribution in [3.63, 3.8) is 0 Å². The van der Waals surface area contributed by atoms with E-state index in [1.165, 1.54) is 7.11 Å². The molecule has 2 heterocycles. The smallest absolute Gasteiger partial charge is 0.347 e. The molecule has 0 atom stereocenters. The fraction of sp³-hybridized carbons (Fsp3) is 0.278. The van der Waals surface area contributed by atoms with Crippen molar-refractivity contribution in [3.8, 4) is 17.5 Å². The number of fused-ring (bicyclic) bond motifs is 1. The summed E-state index contributed by atoms with van der Waals surface area (Å²) in [5, 5.41) is 5.21. The van der Waals surface area contributed by atoms with Crippen LogP contribution in [0.4, 0.5) is 0 Å². The molecule has 7 heteroatoms. The van der Waals surface area contributed by atoms with E-state index >= 15 is 0 Å². The topological polar surface area (TPSA) is 70.2 Å². The summed E-state index contributed by atoms with van der Waals surface area (Å²) < 4.78 is 12.3. The van der Waals surface area contributed by atoms with Gasteiger partial charge in [-0.1, -0.05) is 17.2 Å². The lowest BCUT2D eigenvalue weighted by Crippen LogP contribution is -2.07. The average molecular weight is 360 g/mol. The number of benzene rings is 1. The van der Waals surface area contributed by atoms with Gasteiger partial charge in [0, 0.05) is 16.8 Å². The van der Waals surface area contributed by atoms with Gasteiger partial charge in [0.15, 0.2) is 0 Å². The van der Waals surface area contributed by atoms with Crippen molar-refractivity contribution in [3.05, 3.63) is 44.8 Å². The Morgan fingerprint density at radius 2 is 1.96 bits per heavy atom. The summed E-state index contributed by atoms with van der Waals surface area (Å²) in [7, 11) is 1.53. The zero-order valence-corrected chi connectivity index (χ0v) is 15.4. The molecule has 0 aliphatic rings. The highest BCUT2D eigenvalue weighted by Crippen LogP contribution is 2.28. The molecule has 0 aliphatic carbocycles. The minimum absolute atomic E-state index is 0.180. The van der Waals surface area contributed by atoms with Crippen LogP contribution in [0.15, 0.2) is 33.0 Å². The maximum absolute atomic E-state index is 12.4. The molecule has 0 fully saturated rings. The number of ether oxygens (including phenoxy) is 1. The summed E-state index contributed by atoms with van der Waals surface area (Å²) in [6, 6.07) is 5.01. The number of hydrogen-bond acceptors (Lipinski definition) is 5. The van der Waals surface area contributed by atoms with Crippen LogP contribution < -0.4 is 10.4 Å². The molecule has 25 heavy (non-hydrogen) atoms. The van der Waals surface area contributed by atoms with Crippen LogP contribution in [0.3, 0.4) is 0 Å². The van der Waals surface area contributed by atoms with Gasteiger partial charge in [-0.2, -0.15) is 0 Å². The van der Waals surface area contributed by atoms with E-state index in [0.29, 0.717) is 27.5 Å². The first-order valence-corrected chi connectivity index (χ1v) is 8.09. The van der Waals surface area contributed by atoms with Gasteiger partial charge < -0.3 is 9.15 Å². The molecule has 3 aromatic rings. The number of aromatic nitrogens is 3. The van der Waals surface area contributed by atoms with E-state index in [2.05, 4.69) is 10.1 Å². The van der Waals surface area contributed by atoms with Crippen LogP contribution in [0.1, 0.15) is 26.3 Å². The molecule has 0 saturated carbocycles. The van der Waals surface area contributed by atoms with Gasteiger partial charge in [0.25, 0.3) is 0 Å². The fourth-order valence-corrected chi connectivity index (χ4v) is 2.77. The number of methoxy groups -OCH3 is 1. The number of nitrogens with zero attached hydrogens (tertiary/aromatic N) is 3. The molecular weight excluding hydrogens is 342 g/mol. The molecule has 6 nitrogen and oxygen atoms in total. The predicted molar refractivity (Wildman–Crippen MR) is 98.0 cm³/mol. The van der Waals surface area contributed by atoms with E-state index < -0.39 is 5.63 Å². The van der Waals surface area contributed by atoms with Gasteiger partial charge in [0.1, 0.15) is 5.69 Å². The highest BCUT2D eigenvalue weighted by molar-refractivity contribution is 6.31. The SMILES string of the molecule is COc1cc(-c2nc3c(C)cc(Cl)cc3c(=O)o2)n(C(C)=C(C)C)n1. The summed E-state index contributed by atoms with van der Waals surface area (Å²) in [5.74, 6) is 0.590. The molecule has 2 aromatic heterocycles. The van der Waals surface area contributed by atoms with Crippen molar-refractivity contribution in [2.24, 2.45) is 0 Å².